The van der Waals surface area contributed by atoms with E-state index in [0.717, 1.165) is 19.5 Å². The van der Waals surface area contributed by atoms with E-state index in [9.17, 15) is 0 Å². The van der Waals surface area contributed by atoms with Gasteiger partial charge < -0.3 is 10.2 Å². The maximum Gasteiger partial charge on any atom is 0.0603 e. The second-order valence-corrected chi connectivity index (χ2v) is 6.01. The highest BCUT2D eigenvalue weighted by Gasteiger charge is 2.20. The number of hydrogen-bond donors (Lipinski definition) is 1. The van der Waals surface area contributed by atoms with Gasteiger partial charge in [-0.05, 0) is 61.9 Å². The van der Waals surface area contributed by atoms with Crippen molar-refractivity contribution >= 4 is 12.2 Å². The van der Waals surface area contributed by atoms with Gasteiger partial charge in [-0.1, -0.05) is 36.4 Å². The molecule has 1 unspecified atom stereocenters. The topological polar surface area (TPSA) is 28.2 Å². The van der Waals surface area contributed by atoms with E-state index < -0.39 is 0 Å². The van der Waals surface area contributed by atoms with Crippen LogP contribution in [-0.2, 0) is 0 Å². The van der Waals surface area contributed by atoms with Crippen molar-refractivity contribution in [3.63, 3.8) is 0 Å². The molecular formula is C19H23N3. The molecule has 1 N–H and O–H groups in total. The van der Waals surface area contributed by atoms with Crippen molar-refractivity contribution < 1.29 is 0 Å². The predicted octanol–water partition coefficient (Wildman–Crippen LogP) is 3.20. The Morgan fingerprint density at radius 2 is 1.82 bits per heavy atom. The monoisotopic (exact) mass is 293 g/mol. The quantitative estimate of drug-likeness (QED) is 0.858. The highest BCUT2D eigenvalue weighted by Crippen LogP contribution is 2.32. The van der Waals surface area contributed by atoms with Gasteiger partial charge in [0, 0.05) is 12.4 Å². The Morgan fingerprint density at radius 3 is 2.64 bits per heavy atom. The first-order valence-corrected chi connectivity index (χ1v) is 7.85. The molecule has 3 rings (SSSR count). The summed E-state index contributed by atoms with van der Waals surface area (Å²) in [6, 6.07) is 10.9. The van der Waals surface area contributed by atoms with Crippen LogP contribution in [0.2, 0.25) is 0 Å². The van der Waals surface area contributed by atoms with Crippen LogP contribution in [-0.4, -0.2) is 37.1 Å². The number of nitrogens with one attached hydrogen (secondary N) is 1. The zero-order valence-electron chi connectivity index (χ0n) is 13.3. The van der Waals surface area contributed by atoms with Crippen molar-refractivity contribution in [3.8, 4) is 0 Å². The van der Waals surface area contributed by atoms with Gasteiger partial charge >= 0.3 is 0 Å². The Morgan fingerprint density at radius 1 is 1.05 bits per heavy atom. The van der Waals surface area contributed by atoms with Gasteiger partial charge in [0.05, 0.1) is 6.04 Å². The predicted molar refractivity (Wildman–Crippen MR) is 92.6 cm³/mol. The first-order valence-electron chi connectivity index (χ1n) is 7.85. The van der Waals surface area contributed by atoms with Gasteiger partial charge in [-0.3, -0.25) is 4.98 Å². The Labute approximate surface area is 132 Å². The van der Waals surface area contributed by atoms with Crippen molar-refractivity contribution in [1.82, 2.24) is 15.2 Å². The molecule has 1 aromatic heterocycles. The number of fused-ring (bicyclic) bond motifs is 2. The Hall–Kier alpha value is -1.97. The van der Waals surface area contributed by atoms with Gasteiger partial charge in [0.25, 0.3) is 0 Å². The molecule has 0 saturated carbocycles. The number of aromatic nitrogens is 1. The van der Waals surface area contributed by atoms with Crippen LogP contribution in [0, 0.1) is 0 Å². The third-order valence-electron chi connectivity index (χ3n) is 4.08. The standard InChI is InChI=1S/C19H23N3/c1-22(2)13-5-11-21-19-17-7-4-3-6-15(17)8-9-16-10-12-20-14-18(16)19/h3-4,6-10,12,14,19,21H,5,11,13H2,1-2H3. The molecule has 1 atom stereocenters. The average molecular weight is 293 g/mol. The lowest BCUT2D eigenvalue weighted by Gasteiger charge is -2.22. The first-order chi connectivity index (χ1) is 10.8. The van der Waals surface area contributed by atoms with Crippen LogP contribution in [0.25, 0.3) is 12.2 Å². The van der Waals surface area contributed by atoms with E-state index in [-0.39, 0.29) is 6.04 Å². The zero-order valence-corrected chi connectivity index (χ0v) is 13.3. The molecule has 0 radical (unpaired) electrons. The van der Waals surface area contributed by atoms with E-state index in [1.807, 2.05) is 12.4 Å². The average Bonchev–Trinajstić information content (AvgIpc) is 2.69. The van der Waals surface area contributed by atoms with Crippen LogP contribution >= 0.6 is 0 Å². The fraction of sp³-hybridized carbons (Fsp3) is 0.316. The van der Waals surface area contributed by atoms with Crippen LogP contribution in [0.15, 0.2) is 42.7 Å². The number of hydrogen-bond acceptors (Lipinski definition) is 3. The third-order valence-corrected chi connectivity index (χ3v) is 4.08. The van der Waals surface area contributed by atoms with E-state index >= 15 is 0 Å². The molecule has 1 aliphatic rings. The molecule has 1 heterocycles. The van der Waals surface area contributed by atoms with Crippen LogP contribution in [0.4, 0.5) is 0 Å². The maximum absolute atomic E-state index is 4.34. The molecule has 22 heavy (non-hydrogen) atoms. The van der Waals surface area contributed by atoms with Crippen LogP contribution in [0.5, 0.6) is 0 Å². The fourth-order valence-corrected chi connectivity index (χ4v) is 2.94. The lowest BCUT2D eigenvalue weighted by Crippen LogP contribution is -2.27. The van der Waals surface area contributed by atoms with Crippen molar-refractivity contribution in [3.05, 3.63) is 65.0 Å². The van der Waals surface area contributed by atoms with Crippen LogP contribution in [0.1, 0.15) is 34.7 Å². The Bertz CT molecular complexity index is 612. The summed E-state index contributed by atoms with van der Waals surface area (Å²) >= 11 is 0. The molecule has 1 aliphatic carbocycles. The summed E-state index contributed by atoms with van der Waals surface area (Å²) in [6.45, 7) is 2.09. The molecule has 3 nitrogen and oxygen atoms in total. The van der Waals surface area contributed by atoms with Gasteiger partial charge in [0.1, 0.15) is 0 Å². The van der Waals surface area contributed by atoms with Crippen molar-refractivity contribution in [2.45, 2.75) is 12.5 Å². The normalized spacial score (nSPS) is 16.2. The highest BCUT2D eigenvalue weighted by molar-refractivity contribution is 5.76. The van der Waals surface area contributed by atoms with Crippen molar-refractivity contribution in [2.24, 2.45) is 0 Å². The molecule has 2 aromatic rings. The van der Waals surface area contributed by atoms with E-state index in [1.165, 1.54) is 22.3 Å². The SMILES string of the molecule is CN(C)CCCNC1c2ccccc2C=Cc2ccncc21. The lowest BCUT2D eigenvalue weighted by atomic mass is 9.95. The minimum atomic E-state index is 0.206. The second kappa shape index (κ2) is 6.86. The molecule has 0 fully saturated rings. The molecule has 1 aromatic carbocycles. The summed E-state index contributed by atoms with van der Waals surface area (Å²) in [4.78, 5) is 6.56. The fourth-order valence-electron chi connectivity index (χ4n) is 2.94. The van der Waals surface area contributed by atoms with Gasteiger partial charge in [0.15, 0.2) is 0 Å². The Balaban J connectivity index is 1.88. The smallest absolute Gasteiger partial charge is 0.0603 e. The first kappa shape index (κ1) is 14.9. The molecule has 0 saturated heterocycles. The third kappa shape index (κ3) is 3.26. The molecular weight excluding hydrogens is 270 g/mol. The largest absolute Gasteiger partial charge is 0.309 e. The molecule has 0 aliphatic heterocycles. The van der Waals surface area contributed by atoms with Gasteiger partial charge in [-0.15, -0.1) is 0 Å². The van der Waals surface area contributed by atoms with Gasteiger partial charge in [-0.2, -0.15) is 0 Å². The summed E-state index contributed by atoms with van der Waals surface area (Å²) in [7, 11) is 4.23. The lowest BCUT2D eigenvalue weighted by molar-refractivity contribution is 0.391. The van der Waals surface area contributed by atoms with Crippen LogP contribution in [0.3, 0.4) is 0 Å². The Kier molecular flexibility index (Phi) is 4.66. The van der Waals surface area contributed by atoms with Crippen LogP contribution < -0.4 is 5.32 Å². The van der Waals surface area contributed by atoms with Crippen molar-refractivity contribution in [2.75, 3.05) is 27.2 Å². The molecule has 0 amide bonds. The van der Waals surface area contributed by atoms with E-state index in [1.54, 1.807) is 0 Å². The summed E-state index contributed by atoms with van der Waals surface area (Å²) < 4.78 is 0. The maximum atomic E-state index is 4.34. The molecule has 0 spiro atoms. The van der Waals surface area contributed by atoms with E-state index in [4.69, 9.17) is 0 Å². The summed E-state index contributed by atoms with van der Waals surface area (Å²) in [5, 5.41) is 3.72. The van der Waals surface area contributed by atoms with E-state index in [0.29, 0.717) is 0 Å². The van der Waals surface area contributed by atoms with E-state index in [2.05, 4.69) is 71.8 Å². The number of benzene rings is 1. The number of rotatable bonds is 5. The second-order valence-electron chi connectivity index (χ2n) is 6.01. The summed E-state index contributed by atoms with van der Waals surface area (Å²) in [6.07, 6.45) is 9.38. The summed E-state index contributed by atoms with van der Waals surface area (Å²) in [5.74, 6) is 0. The molecule has 3 heteroatoms. The summed E-state index contributed by atoms with van der Waals surface area (Å²) in [5.41, 5.74) is 5.11. The molecule has 114 valence electrons. The van der Waals surface area contributed by atoms with Crippen molar-refractivity contribution in [1.29, 1.82) is 0 Å². The zero-order chi connectivity index (χ0) is 15.4. The van der Waals surface area contributed by atoms with Gasteiger partial charge in [0.2, 0.25) is 0 Å². The number of pyridine rings is 1. The minimum Gasteiger partial charge on any atom is -0.309 e. The molecule has 0 bridgehead atoms. The number of nitrogens with zero attached hydrogens (tertiary/aromatic N) is 2. The highest BCUT2D eigenvalue weighted by atomic mass is 15.1. The van der Waals surface area contributed by atoms with Gasteiger partial charge in [-0.25, -0.2) is 0 Å². The minimum absolute atomic E-state index is 0.206.